The summed E-state index contributed by atoms with van der Waals surface area (Å²) in [4.78, 5) is 7.90. The van der Waals surface area contributed by atoms with Crippen LogP contribution in [-0.4, -0.2) is 21.4 Å². The molecule has 20 heavy (non-hydrogen) atoms. The summed E-state index contributed by atoms with van der Waals surface area (Å²) < 4.78 is 39.9. The number of alkyl halides is 3. The number of aliphatic hydroxyl groups is 1. The van der Waals surface area contributed by atoms with Gasteiger partial charge in [0.15, 0.2) is 0 Å². The molecular weight excluding hydrogens is 297 g/mol. The number of aromatic nitrogens is 2. The van der Waals surface area contributed by atoms with Crippen molar-refractivity contribution < 1.29 is 23.0 Å². The maximum atomic E-state index is 12.0. The second kappa shape index (κ2) is 5.64. The number of ether oxygens (including phenoxy) is 1. The van der Waals surface area contributed by atoms with Crippen LogP contribution in [0.3, 0.4) is 0 Å². The molecule has 0 fully saturated rings. The lowest BCUT2D eigenvalue weighted by Gasteiger charge is -2.10. The summed E-state index contributed by atoms with van der Waals surface area (Å²) in [5.41, 5.74) is 1.07. The van der Waals surface area contributed by atoms with Crippen molar-refractivity contribution in [2.24, 2.45) is 0 Å². The van der Waals surface area contributed by atoms with E-state index in [4.69, 9.17) is 11.6 Å². The molecule has 2 aromatic rings. The first-order valence-electron chi connectivity index (χ1n) is 5.37. The van der Waals surface area contributed by atoms with Gasteiger partial charge in [-0.15, -0.1) is 13.2 Å². The van der Waals surface area contributed by atoms with Gasteiger partial charge in [0.25, 0.3) is 0 Å². The molecule has 0 bridgehead atoms. The average molecular weight is 305 g/mol. The van der Waals surface area contributed by atoms with E-state index >= 15 is 0 Å². The zero-order chi connectivity index (χ0) is 14.8. The Balaban J connectivity index is 2.30. The molecule has 0 amide bonds. The third kappa shape index (κ3) is 3.58. The third-order valence-electron chi connectivity index (χ3n) is 2.33. The van der Waals surface area contributed by atoms with Crippen molar-refractivity contribution in [3.63, 3.8) is 0 Å². The Labute approximate surface area is 116 Å². The van der Waals surface area contributed by atoms with Gasteiger partial charge in [-0.1, -0.05) is 11.6 Å². The van der Waals surface area contributed by atoms with E-state index in [2.05, 4.69) is 14.7 Å². The number of aliphatic hydroxyl groups excluding tert-OH is 1. The van der Waals surface area contributed by atoms with Crippen LogP contribution >= 0.6 is 11.6 Å². The summed E-state index contributed by atoms with van der Waals surface area (Å²) in [5.74, 6) is -0.339. The third-order valence-corrected chi connectivity index (χ3v) is 2.51. The van der Waals surface area contributed by atoms with Gasteiger partial charge in [-0.2, -0.15) is 0 Å². The Morgan fingerprint density at radius 3 is 2.40 bits per heavy atom. The lowest BCUT2D eigenvalue weighted by Crippen LogP contribution is -2.16. The minimum absolute atomic E-state index is 0.120. The molecule has 0 radical (unpaired) electrons. The minimum Gasteiger partial charge on any atom is -0.406 e. The molecule has 1 aromatic carbocycles. The highest BCUT2D eigenvalue weighted by Crippen LogP contribution is 2.27. The van der Waals surface area contributed by atoms with Crippen LogP contribution in [0.5, 0.6) is 5.75 Å². The fourth-order valence-corrected chi connectivity index (χ4v) is 1.72. The van der Waals surface area contributed by atoms with Gasteiger partial charge < -0.3 is 9.84 Å². The van der Waals surface area contributed by atoms with Crippen molar-refractivity contribution in [3.8, 4) is 17.0 Å². The molecule has 8 heteroatoms. The molecule has 1 aromatic heterocycles. The molecule has 0 unspecified atom stereocenters. The molecule has 0 spiro atoms. The highest BCUT2D eigenvalue weighted by Gasteiger charge is 2.31. The van der Waals surface area contributed by atoms with Crippen LogP contribution in [-0.2, 0) is 6.61 Å². The number of benzene rings is 1. The summed E-state index contributed by atoms with van der Waals surface area (Å²) in [5, 5.41) is 9.30. The van der Waals surface area contributed by atoms with E-state index in [1.165, 1.54) is 18.3 Å². The van der Waals surface area contributed by atoms with Gasteiger partial charge in [0.1, 0.15) is 10.9 Å². The highest BCUT2D eigenvalue weighted by molar-refractivity contribution is 6.29. The average Bonchev–Trinajstić information content (AvgIpc) is 2.38. The molecule has 0 aliphatic heterocycles. The van der Waals surface area contributed by atoms with Gasteiger partial charge in [-0.3, -0.25) is 4.98 Å². The predicted octanol–water partition coefficient (Wildman–Crippen LogP) is 3.19. The summed E-state index contributed by atoms with van der Waals surface area (Å²) in [6.45, 7) is -0.385. The summed E-state index contributed by atoms with van der Waals surface area (Å²) in [6, 6.07) is 5.08. The first kappa shape index (κ1) is 14.5. The van der Waals surface area contributed by atoms with E-state index < -0.39 is 6.36 Å². The van der Waals surface area contributed by atoms with E-state index in [9.17, 15) is 18.3 Å². The van der Waals surface area contributed by atoms with Crippen LogP contribution < -0.4 is 4.74 Å². The maximum Gasteiger partial charge on any atom is 0.573 e. The standard InChI is InChI=1S/C12H8ClF3N2O2/c13-10-5-17-11(9(6-19)18-10)7-1-3-8(4-2-7)20-12(14,15)16/h1-5,19H,6H2. The molecule has 0 aliphatic rings. The van der Waals surface area contributed by atoms with Crippen molar-refractivity contribution in [2.75, 3.05) is 0 Å². The van der Waals surface area contributed by atoms with Crippen LogP contribution in [0.25, 0.3) is 11.3 Å². The lowest BCUT2D eigenvalue weighted by atomic mass is 10.1. The van der Waals surface area contributed by atoms with E-state index in [-0.39, 0.29) is 23.2 Å². The fourth-order valence-electron chi connectivity index (χ4n) is 1.57. The van der Waals surface area contributed by atoms with Gasteiger partial charge in [-0.25, -0.2) is 4.98 Å². The Kier molecular flexibility index (Phi) is 4.10. The van der Waals surface area contributed by atoms with Gasteiger partial charge in [-0.05, 0) is 24.3 Å². The SMILES string of the molecule is OCc1nc(Cl)cnc1-c1ccc(OC(F)(F)F)cc1. The fraction of sp³-hybridized carbons (Fsp3) is 0.167. The molecule has 1 N–H and O–H groups in total. The van der Waals surface area contributed by atoms with Gasteiger partial charge >= 0.3 is 6.36 Å². The van der Waals surface area contributed by atoms with Crippen molar-refractivity contribution in [1.29, 1.82) is 0 Å². The molecule has 0 aliphatic carbocycles. The smallest absolute Gasteiger partial charge is 0.406 e. The van der Waals surface area contributed by atoms with Crippen molar-refractivity contribution in [2.45, 2.75) is 13.0 Å². The first-order chi connectivity index (χ1) is 9.39. The highest BCUT2D eigenvalue weighted by atomic mass is 35.5. The topological polar surface area (TPSA) is 55.2 Å². The second-order valence-corrected chi connectivity index (χ2v) is 4.11. The Hall–Kier alpha value is -1.86. The monoisotopic (exact) mass is 304 g/mol. The van der Waals surface area contributed by atoms with Crippen LogP contribution in [0.15, 0.2) is 30.5 Å². The molecule has 2 rings (SSSR count). The number of hydrogen-bond acceptors (Lipinski definition) is 4. The Morgan fingerprint density at radius 2 is 1.85 bits per heavy atom. The van der Waals surface area contributed by atoms with Crippen LogP contribution in [0.4, 0.5) is 13.2 Å². The predicted molar refractivity (Wildman–Crippen MR) is 65.1 cm³/mol. The molecule has 106 valence electrons. The van der Waals surface area contributed by atoms with E-state index in [0.717, 1.165) is 12.1 Å². The number of hydrogen-bond donors (Lipinski definition) is 1. The quantitative estimate of drug-likeness (QED) is 0.946. The van der Waals surface area contributed by atoms with Crippen molar-refractivity contribution in [1.82, 2.24) is 9.97 Å². The van der Waals surface area contributed by atoms with Crippen molar-refractivity contribution >= 4 is 11.6 Å². The van der Waals surface area contributed by atoms with Gasteiger partial charge in [0.05, 0.1) is 24.2 Å². The van der Waals surface area contributed by atoms with E-state index in [1.807, 2.05) is 0 Å². The Bertz CT molecular complexity index is 603. The summed E-state index contributed by atoms with van der Waals surface area (Å²) in [7, 11) is 0. The largest absolute Gasteiger partial charge is 0.573 e. The molecule has 0 atom stereocenters. The Morgan fingerprint density at radius 1 is 1.20 bits per heavy atom. The molecule has 0 saturated heterocycles. The normalized spacial score (nSPS) is 11.4. The molecule has 4 nitrogen and oxygen atoms in total. The lowest BCUT2D eigenvalue weighted by molar-refractivity contribution is -0.274. The summed E-state index contributed by atoms with van der Waals surface area (Å²) in [6.07, 6.45) is -3.45. The first-order valence-corrected chi connectivity index (χ1v) is 5.75. The summed E-state index contributed by atoms with van der Waals surface area (Å²) >= 11 is 5.65. The van der Waals surface area contributed by atoms with Crippen LogP contribution in [0, 0.1) is 0 Å². The maximum absolute atomic E-state index is 12.0. The number of halogens is 4. The second-order valence-electron chi connectivity index (χ2n) is 3.72. The van der Waals surface area contributed by atoms with Crippen LogP contribution in [0.2, 0.25) is 5.15 Å². The van der Waals surface area contributed by atoms with Gasteiger partial charge in [0, 0.05) is 5.56 Å². The zero-order valence-corrected chi connectivity index (χ0v) is 10.6. The van der Waals surface area contributed by atoms with Gasteiger partial charge in [0.2, 0.25) is 0 Å². The van der Waals surface area contributed by atoms with Crippen LogP contribution in [0.1, 0.15) is 5.69 Å². The van der Waals surface area contributed by atoms with E-state index in [1.54, 1.807) is 0 Å². The molecular formula is C12H8ClF3N2O2. The number of nitrogens with zero attached hydrogens (tertiary/aromatic N) is 2. The molecule has 1 heterocycles. The molecule has 0 saturated carbocycles. The zero-order valence-electron chi connectivity index (χ0n) is 9.86. The van der Waals surface area contributed by atoms with Crippen molar-refractivity contribution in [3.05, 3.63) is 41.3 Å². The van der Waals surface area contributed by atoms with E-state index in [0.29, 0.717) is 11.3 Å². The number of rotatable bonds is 3. The minimum atomic E-state index is -4.74.